The molecule has 0 aliphatic carbocycles. The molecule has 0 saturated carbocycles. The van der Waals surface area contributed by atoms with Crippen LogP contribution in [0, 0.1) is 0 Å². The molecular formula is C14H15N3O3S. The number of urea groups is 1. The molecule has 6 nitrogen and oxygen atoms in total. The number of hydrogen-bond donors (Lipinski definition) is 0. The van der Waals surface area contributed by atoms with Gasteiger partial charge >= 0.3 is 6.03 Å². The van der Waals surface area contributed by atoms with Crippen LogP contribution in [0.1, 0.15) is 5.56 Å². The lowest BCUT2D eigenvalue weighted by molar-refractivity contribution is 0.191. The maximum absolute atomic E-state index is 12.4. The molecular weight excluding hydrogens is 290 g/mol. The first kappa shape index (κ1) is 13.8. The van der Waals surface area contributed by atoms with Gasteiger partial charge in [-0.1, -0.05) is 30.3 Å². The molecule has 110 valence electrons. The molecule has 0 unspecified atom stereocenters. The minimum absolute atomic E-state index is 0.107. The molecule has 0 N–H and O–H groups in total. The van der Waals surface area contributed by atoms with Crippen LogP contribution in [0.2, 0.25) is 0 Å². The van der Waals surface area contributed by atoms with Crippen LogP contribution in [0.4, 0.5) is 4.79 Å². The highest BCUT2D eigenvalue weighted by atomic mass is 32.2. The Balaban J connectivity index is 1.99. The van der Waals surface area contributed by atoms with E-state index in [1.54, 1.807) is 0 Å². The number of rotatable bonds is 3. The Kier molecular flexibility index (Phi) is 3.29. The number of carbonyl (C=O) groups is 1. The van der Waals surface area contributed by atoms with Gasteiger partial charge in [0.15, 0.2) is 15.7 Å². The summed E-state index contributed by atoms with van der Waals surface area (Å²) in [6.45, 7) is 1.20. The van der Waals surface area contributed by atoms with Gasteiger partial charge in [-0.05, 0) is 5.56 Å². The second-order valence-electron chi connectivity index (χ2n) is 5.02. The minimum atomic E-state index is -3.43. The molecule has 0 atom stereocenters. The van der Waals surface area contributed by atoms with Gasteiger partial charge in [0.2, 0.25) is 0 Å². The molecule has 21 heavy (non-hydrogen) atoms. The zero-order chi connectivity index (χ0) is 15.0. The highest BCUT2D eigenvalue weighted by Crippen LogP contribution is 2.24. The predicted octanol–water partition coefficient (Wildman–Crippen LogP) is 1.22. The van der Waals surface area contributed by atoms with Crippen LogP contribution in [-0.4, -0.2) is 49.4 Å². The Bertz CT molecular complexity index is 738. The Morgan fingerprint density at radius 2 is 1.95 bits per heavy atom. The van der Waals surface area contributed by atoms with E-state index in [-0.39, 0.29) is 16.8 Å². The molecule has 1 aromatic carbocycles. The fourth-order valence-electron chi connectivity index (χ4n) is 2.41. The second kappa shape index (κ2) is 5.00. The summed E-state index contributed by atoms with van der Waals surface area (Å²) in [7, 11) is -3.43. The number of carbonyl (C=O) groups excluding carboxylic acids is 1. The maximum atomic E-state index is 12.4. The smallest absolute Gasteiger partial charge is 0.295 e. The van der Waals surface area contributed by atoms with Crippen molar-refractivity contribution in [1.29, 1.82) is 0 Å². The number of sulfone groups is 1. The second-order valence-corrected chi connectivity index (χ2v) is 7.00. The number of amidine groups is 1. The summed E-state index contributed by atoms with van der Waals surface area (Å²) in [5.41, 5.74) is 0.939. The number of benzene rings is 1. The van der Waals surface area contributed by atoms with Crippen LogP contribution in [0.5, 0.6) is 0 Å². The van der Waals surface area contributed by atoms with E-state index in [9.17, 15) is 13.2 Å². The molecule has 0 radical (unpaired) electrons. The van der Waals surface area contributed by atoms with Crippen LogP contribution < -0.4 is 0 Å². The van der Waals surface area contributed by atoms with Crippen molar-refractivity contribution in [3.63, 3.8) is 0 Å². The van der Waals surface area contributed by atoms with Crippen LogP contribution >= 0.6 is 0 Å². The van der Waals surface area contributed by atoms with Gasteiger partial charge in [-0.3, -0.25) is 14.8 Å². The van der Waals surface area contributed by atoms with E-state index in [1.165, 1.54) is 16.0 Å². The van der Waals surface area contributed by atoms with E-state index in [0.717, 1.165) is 11.8 Å². The molecule has 7 heteroatoms. The van der Waals surface area contributed by atoms with Crippen LogP contribution in [0.15, 0.2) is 46.4 Å². The van der Waals surface area contributed by atoms with Crippen molar-refractivity contribution in [2.75, 3.05) is 19.3 Å². The molecule has 2 aliphatic rings. The summed E-state index contributed by atoms with van der Waals surface area (Å²) in [4.78, 5) is 19.5. The van der Waals surface area contributed by atoms with Gasteiger partial charge in [0.25, 0.3) is 0 Å². The van der Waals surface area contributed by atoms with Crippen molar-refractivity contribution in [2.24, 2.45) is 4.99 Å². The van der Waals surface area contributed by atoms with E-state index in [4.69, 9.17) is 0 Å². The van der Waals surface area contributed by atoms with Gasteiger partial charge in [0.05, 0.1) is 13.1 Å². The molecule has 2 amide bonds. The van der Waals surface area contributed by atoms with Gasteiger partial charge in [0, 0.05) is 19.0 Å². The molecule has 0 spiro atoms. The highest BCUT2D eigenvalue weighted by molar-refractivity contribution is 7.95. The minimum Gasteiger partial charge on any atom is -0.295 e. The van der Waals surface area contributed by atoms with Crippen molar-refractivity contribution < 1.29 is 13.2 Å². The van der Waals surface area contributed by atoms with Crippen molar-refractivity contribution in [3.05, 3.63) is 47.0 Å². The zero-order valence-electron chi connectivity index (χ0n) is 11.6. The fourth-order valence-corrected chi connectivity index (χ4v) is 3.23. The number of aliphatic imine (C=N–C) groups is 1. The first-order valence-corrected chi connectivity index (χ1v) is 8.45. The number of fused-ring (bicyclic) bond motifs is 1. The topological polar surface area (TPSA) is 70.1 Å². The summed E-state index contributed by atoms with van der Waals surface area (Å²) in [5.74, 6) is 0.270. The predicted molar refractivity (Wildman–Crippen MR) is 79.3 cm³/mol. The van der Waals surface area contributed by atoms with Gasteiger partial charge < -0.3 is 0 Å². The molecule has 1 aromatic rings. The summed E-state index contributed by atoms with van der Waals surface area (Å²) in [6.07, 6.45) is 2.53. The molecule has 2 aliphatic heterocycles. The molecule has 3 rings (SSSR count). The Hall–Kier alpha value is -2.15. The van der Waals surface area contributed by atoms with Crippen molar-refractivity contribution >= 4 is 21.7 Å². The highest BCUT2D eigenvalue weighted by Gasteiger charge is 2.37. The SMILES string of the molecule is CS(=O)(=O)C1=CN(Cc2ccccc2)C(=O)N2CCN=C12. The molecule has 0 bridgehead atoms. The van der Waals surface area contributed by atoms with Gasteiger partial charge in [-0.15, -0.1) is 0 Å². The monoisotopic (exact) mass is 305 g/mol. The van der Waals surface area contributed by atoms with E-state index in [1.807, 2.05) is 30.3 Å². The first-order valence-electron chi connectivity index (χ1n) is 6.55. The van der Waals surface area contributed by atoms with Crippen molar-refractivity contribution in [2.45, 2.75) is 6.54 Å². The van der Waals surface area contributed by atoms with E-state index >= 15 is 0 Å². The van der Waals surface area contributed by atoms with E-state index < -0.39 is 9.84 Å². The van der Waals surface area contributed by atoms with Crippen LogP contribution in [-0.2, 0) is 16.4 Å². The summed E-state index contributed by atoms with van der Waals surface area (Å²) >= 11 is 0. The summed E-state index contributed by atoms with van der Waals surface area (Å²) in [6, 6.07) is 9.22. The quantitative estimate of drug-likeness (QED) is 0.843. The lowest BCUT2D eigenvalue weighted by Crippen LogP contribution is -2.47. The number of amides is 2. The third-order valence-corrected chi connectivity index (χ3v) is 4.49. The Morgan fingerprint density at radius 1 is 1.24 bits per heavy atom. The van der Waals surface area contributed by atoms with Gasteiger partial charge in [0.1, 0.15) is 4.91 Å². The Labute approximate surface area is 123 Å². The number of nitrogens with zero attached hydrogens (tertiary/aromatic N) is 3. The van der Waals surface area contributed by atoms with E-state index in [0.29, 0.717) is 19.6 Å². The molecule has 2 heterocycles. The van der Waals surface area contributed by atoms with Gasteiger partial charge in [-0.2, -0.15) is 0 Å². The summed E-state index contributed by atoms with van der Waals surface area (Å²) in [5, 5.41) is 0. The standard InChI is InChI=1S/C14H15N3O3S/c1-21(19,20)12-10-16(9-11-5-3-2-4-6-11)14(18)17-8-7-15-13(12)17/h2-6,10H,7-9H2,1H3. The average Bonchev–Trinajstić information content (AvgIpc) is 2.91. The van der Waals surface area contributed by atoms with Crippen LogP contribution in [0.3, 0.4) is 0 Å². The van der Waals surface area contributed by atoms with E-state index in [2.05, 4.69) is 4.99 Å². The van der Waals surface area contributed by atoms with Crippen LogP contribution in [0.25, 0.3) is 0 Å². The van der Waals surface area contributed by atoms with Crippen molar-refractivity contribution in [3.8, 4) is 0 Å². The Morgan fingerprint density at radius 3 is 2.62 bits per heavy atom. The third-order valence-electron chi connectivity index (χ3n) is 3.41. The van der Waals surface area contributed by atoms with Crippen molar-refractivity contribution in [1.82, 2.24) is 9.80 Å². The molecule has 0 saturated heterocycles. The maximum Gasteiger partial charge on any atom is 0.330 e. The average molecular weight is 305 g/mol. The summed E-state index contributed by atoms with van der Waals surface area (Å²) < 4.78 is 23.8. The lowest BCUT2D eigenvalue weighted by Gasteiger charge is -2.31. The fraction of sp³-hybridized carbons (Fsp3) is 0.286. The van der Waals surface area contributed by atoms with Gasteiger partial charge in [-0.25, -0.2) is 13.2 Å². The number of hydrogen-bond acceptors (Lipinski definition) is 4. The third kappa shape index (κ3) is 2.56. The largest absolute Gasteiger partial charge is 0.330 e. The first-order chi connectivity index (χ1) is 9.97. The molecule has 0 aromatic heterocycles. The molecule has 0 fully saturated rings. The normalized spacial score (nSPS) is 18.4. The lowest BCUT2D eigenvalue weighted by atomic mass is 10.2. The zero-order valence-corrected chi connectivity index (χ0v) is 12.4.